The van der Waals surface area contributed by atoms with Gasteiger partial charge in [0, 0.05) is 0 Å². The molecule has 19 heavy (non-hydrogen) atoms. The van der Waals surface area contributed by atoms with Gasteiger partial charge < -0.3 is 10.1 Å². The molecule has 1 aromatic carbocycles. The van der Waals surface area contributed by atoms with Gasteiger partial charge in [-0.3, -0.25) is 4.79 Å². The van der Waals surface area contributed by atoms with Crippen LogP contribution in [0.5, 0.6) is 5.75 Å². The molecule has 0 saturated heterocycles. The maximum absolute atomic E-state index is 13.6. The molecule has 0 spiro atoms. The molecule has 0 saturated carbocycles. The third kappa shape index (κ3) is 2.29. The normalized spacial score (nSPS) is 17.7. The SMILES string of the molecule is O=C1NCC(F)n2nc(COc3ccccc3)cc21. The fourth-order valence-electron chi connectivity index (χ4n) is 1.93. The minimum atomic E-state index is -1.32. The Labute approximate surface area is 109 Å². The first-order valence-corrected chi connectivity index (χ1v) is 5.92. The molecule has 6 heteroatoms. The van der Waals surface area contributed by atoms with E-state index in [2.05, 4.69) is 10.4 Å². The molecule has 1 aliphatic heterocycles. The number of ether oxygens (including phenoxy) is 1. The highest BCUT2D eigenvalue weighted by atomic mass is 19.1. The lowest BCUT2D eigenvalue weighted by Crippen LogP contribution is -2.37. The Kier molecular flexibility index (Phi) is 2.91. The number of hydrogen-bond acceptors (Lipinski definition) is 3. The van der Waals surface area contributed by atoms with Crippen LogP contribution in [0.4, 0.5) is 4.39 Å². The third-order valence-electron chi connectivity index (χ3n) is 2.85. The van der Waals surface area contributed by atoms with Gasteiger partial charge in [-0.1, -0.05) is 18.2 Å². The summed E-state index contributed by atoms with van der Waals surface area (Å²) in [5.41, 5.74) is 0.754. The predicted octanol–water partition coefficient (Wildman–Crippen LogP) is 1.67. The van der Waals surface area contributed by atoms with Crippen LogP contribution in [0.1, 0.15) is 22.5 Å². The lowest BCUT2D eigenvalue weighted by molar-refractivity contribution is 0.0848. The number of hydrogen-bond donors (Lipinski definition) is 1. The van der Waals surface area contributed by atoms with Crippen LogP contribution in [0.2, 0.25) is 0 Å². The number of amides is 1. The molecule has 98 valence electrons. The van der Waals surface area contributed by atoms with Gasteiger partial charge in [-0.15, -0.1) is 0 Å². The molecular weight excluding hydrogens is 249 g/mol. The van der Waals surface area contributed by atoms with Crippen molar-refractivity contribution in [1.29, 1.82) is 0 Å². The summed E-state index contributed by atoms with van der Waals surface area (Å²) in [7, 11) is 0. The molecule has 0 aliphatic carbocycles. The first-order chi connectivity index (χ1) is 9.24. The zero-order chi connectivity index (χ0) is 13.2. The number of benzene rings is 1. The number of halogens is 1. The van der Waals surface area contributed by atoms with E-state index in [9.17, 15) is 9.18 Å². The highest BCUT2D eigenvalue weighted by Gasteiger charge is 2.26. The third-order valence-corrected chi connectivity index (χ3v) is 2.85. The summed E-state index contributed by atoms with van der Waals surface area (Å²) in [6.07, 6.45) is -1.32. The molecule has 1 aliphatic rings. The summed E-state index contributed by atoms with van der Waals surface area (Å²) < 4.78 is 20.2. The second-order valence-electron chi connectivity index (χ2n) is 4.21. The number of carbonyl (C=O) groups is 1. The number of fused-ring (bicyclic) bond motifs is 1. The Balaban J connectivity index is 1.76. The summed E-state index contributed by atoms with van der Waals surface area (Å²) in [5, 5.41) is 6.51. The lowest BCUT2D eigenvalue weighted by atomic mass is 10.3. The number of para-hydroxylation sites is 1. The first-order valence-electron chi connectivity index (χ1n) is 5.92. The van der Waals surface area contributed by atoms with Crippen LogP contribution in [0.3, 0.4) is 0 Å². The van der Waals surface area contributed by atoms with Gasteiger partial charge in [0.05, 0.1) is 6.54 Å². The minimum absolute atomic E-state index is 0.0491. The summed E-state index contributed by atoms with van der Waals surface area (Å²) in [5.74, 6) is 0.391. The van der Waals surface area contributed by atoms with Gasteiger partial charge in [0.15, 0.2) is 0 Å². The standard InChI is InChI=1S/C13H12FN3O2/c14-12-7-15-13(18)11-6-9(16-17(11)12)8-19-10-4-2-1-3-5-10/h1-6,12H,7-8H2,(H,15,18). The fraction of sp³-hybridized carbons (Fsp3) is 0.231. The van der Waals surface area contributed by atoms with E-state index < -0.39 is 6.30 Å². The zero-order valence-electron chi connectivity index (χ0n) is 10.0. The highest BCUT2D eigenvalue weighted by Crippen LogP contribution is 2.18. The van der Waals surface area contributed by atoms with Crippen LogP contribution in [0.15, 0.2) is 36.4 Å². The summed E-state index contributed by atoms with van der Waals surface area (Å²) in [6.45, 7) is 0.149. The van der Waals surface area contributed by atoms with Crippen molar-refractivity contribution in [2.75, 3.05) is 6.54 Å². The van der Waals surface area contributed by atoms with Gasteiger partial charge in [0.1, 0.15) is 23.7 Å². The van der Waals surface area contributed by atoms with Crippen molar-refractivity contribution >= 4 is 5.91 Å². The zero-order valence-corrected chi connectivity index (χ0v) is 10.0. The van der Waals surface area contributed by atoms with Crippen LogP contribution >= 0.6 is 0 Å². The largest absolute Gasteiger partial charge is 0.487 e. The lowest BCUT2D eigenvalue weighted by Gasteiger charge is -2.17. The second kappa shape index (κ2) is 4.72. The quantitative estimate of drug-likeness (QED) is 0.914. The van der Waals surface area contributed by atoms with Crippen molar-refractivity contribution in [3.63, 3.8) is 0 Å². The van der Waals surface area contributed by atoms with E-state index in [1.807, 2.05) is 30.3 Å². The number of aromatic nitrogens is 2. The molecule has 1 unspecified atom stereocenters. The van der Waals surface area contributed by atoms with Crippen molar-refractivity contribution in [2.24, 2.45) is 0 Å². The maximum Gasteiger partial charge on any atom is 0.269 e. The number of nitrogens with one attached hydrogen (secondary N) is 1. The van der Waals surface area contributed by atoms with Gasteiger partial charge in [-0.2, -0.15) is 5.10 Å². The van der Waals surface area contributed by atoms with Gasteiger partial charge in [-0.25, -0.2) is 9.07 Å². The highest BCUT2D eigenvalue weighted by molar-refractivity contribution is 5.93. The van der Waals surface area contributed by atoms with Crippen LogP contribution < -0.4 is 10.1 Å². The van der Waals surface area contributed by atoms with Crippen molar-refractivity contribution in [1.82, 2.24) is 15.1 Å². The summed E-state index contributed by atoms with van der Waals surface area (Å²) in [6, 6.07) is 10.8. The summed E-state index contributed by atoms with van der Waals surface area (Å²) >= 11 is 0. The average Bonchev–Trinajstić information content (AvgIpc) is 2.87. The Morgan fingerprint density at radius 1 is 1.42 bits per heavy atom. The number of carbonyl (C=O) groups excluding carboxylic acids is 1. The fourth-order valence-corrected chi connectivity index (χ4v) is 1.93. The van der Waals surface area contributed by atoms with E-state index >= 15 is 0 Å². The van der Waals surface area contributed by atoms with E-state index in [4.69, 9.17) is 4.74 Å². The molecular formula is C13H12FN3O2. The molecule has 3 rings (SSSR count). The first kappa shape index (κ1) is 11.7. The van der Waals surface area contributed by atoms with E-state index in [1.165, 1.54) is 0 Å². The van der Waals surface area contributed by atoms with Crippen molar-refractivity contribution in [2.45, 2.75) is 12.9 Å². The average molecular weight is 261 g/mol. The van der Waals surface area contributed by atoms with E-state index in [1.54, 1.807) is 6.07 Å². The van der Waals surface area contributed by atoms with Crippen molar-refractivity contribution in [3.05, 3.63) is 47.8 Å². The predicted molar refractivity (Wildman–Crippen MR) is 65.5 cm³/mol. The topological polar surface area (TPSA) is 56.2 Å². The van der Waals surface area contributed by atoms with E-state index in [0.29, 0.717) is 11.4 Å². The van der Waals surface area contributed by atoms with Gasteiger partial charge in [0.2, 0.25) is 6.30 Å². The van der Waals surface area contributed by atoms with Crippen LogP contribution in [-0.4, -0.2) is 22.2 Å². The molecule has 5 nitrogen and oxygen atoms in total. The number of nitrogens with zero attached hydrogens (tertiary/aromatic N) is 2. The Morgan fingerprint density at radius 3 is 2.95 bits per heavy atom. The smallest absolute Gasteiger partial charge is 0.269 e. The second-order valence-corrected chi connectivity index (χ2v) is 4.21. The molecule has 0 bridgehead atoms. The molecule has 0 radical (unpaired) electrons. The Hall–Kier alpha value is -2.37. The number of rotatable bonds is 3. The number of alkyl halides is 1. The van der Waals surface area contributed by atoms with E-state index in [0.717, 1.165) is 4.68 Å². The Morgan fingerprint density at radius 2 is 2.21 bits per heavy atom. The van der Waals surface area contributed by atoms with Crippen LogP contribution in [0.25, 0.3) is 0 Å². The van der Waals surface area contributed by atoms with Gasteiger partial charge in [-0.05, 0) is 18.2 Å². The molecule has 1 amide bonds. The van der Waals surface area contributed by atoms with Crippen molar-refractivity contribution in [3.8, 4) is 5.75 Å². The van der Waals surface area contributed by atoms with Gasteiger partial charge >= 0.3 is 0 Å². The van der Waals surface area contributed by atoms with E-state index in [-0.39, 0.29) is 24.8 Å². The van der Waals surface area contributed by atoms with Crippen LogP contribution in [0, 0.1) is 0 Å². The summed E-state index contributed by atoms with van der Waals surface area (Å²) in [4.78, 5) is 11.5. The van der Waals surface area contributed by atoms with Crippen molar-refractivity contribution < 1.29 is 13.9 Å². The van der Waals surface area contributed by atoms with Gasteiger partial charge in [0.25, 0.3) is 5.91 Å². The molecule has 2 aromatic rings. The molecule has 2 heterocycles. The molecule has 1 aromatic heterocycles. The maximum atomic E-state index is 13.6. The molecule has 1 N–H and O–H groups in total. The minimum Gasteiger partial charge on any atom is -0.487 e. The van der Waals surface area contributed by atoms with Crippen LogP contribution in [-0.2, 0) is 6.61 Å². The monoisotopic (exact) mass is 261 g/mol. The Bertz CT molecular complexity index is 597. The molecule has 1 atom stereocenters. The molecule has 0 fully saturated rings.